The molecule has 148 valence electrons. The smallest absolute Gasteiger partial charge is 0.349 e. The Bertz CT molecular complexity index is 1130. The van der Waals surface area contributed by atoms with Crippen molar-refractivity contribution in [3.8, 4) is 5.75 Å². The monoisotopic (exact) mass is 391 g/mol. The number of hydrogen-bond donors (Lipinski definition) is 1. The van der Waals surface area contributed by atoms with Crippen molar-refractivity contribution < 1.29 is 18.8 Å². The highest BCUT2D eigenvalue weighted by Crippen LogP contribution is 2.25. The maximum atomic E-state index is 12.9. The lowest BCUT2D eigenvalue weighted by molar-refractivity contribution is -0.917. The summed E-state index contributed by atoms with van der Waals surface area (Å²) < 4.78 is 10.9. The van der Waals surface area contributed by atoms with Gasteiger partial charge in [0.15, 0.2) is 0 Å². The van der Waals surface area contributed by atoms with Gasteiger partial charge in [-0.1, -0.05) is 18.2 Å². The molecule has 1 fully saturated rings. The number of quaternary nitrogens is 1. The molecule has 5 rings (SSSR count). The number of ether oxygens (including phenoxy) is 1. The summed E-state index contributed by atoms with van der Waals surface area (Å²) in [6.45, 7) is 4.70. The molecule has 0 unspecified atom stereocenters. The summed E-state index contributed by atoms with van der Waals surface area (Å²) in [6, 6.07) is 15.3. The molecule has 2 aromatic carbocycles. The van der Waals surface area contributed by atoms with E-state index in [1.54, 1.807) is 17.0 Å². The Hall–Kier alpha value is -3.12. The maximum Gasteiger partial charge on any atom is 0.349 e. The van der Waals surface area contributed by atoms with Crippen LogP contribution in [0.1, 0.15) is 21.5 Å². The average molecular weight is 391 g/mol. The first-order chi connectivity index (χ1) is 14.2. The van der Waals surface area contributed by atoms with E-state index in [-0.39, 0.29) is 11.5 Å². The molecule has 1 N–H and O–H groups in total. The van der Waals surface area contributed by atoms with Crippen molar-refractivity contribution in [3.63, 3.8) is 0 Å². The average Bonchev–Trinajstić information content (AvgIpc) is 3.21. The van der Waals surface area contributed by atoms with Gasteiger partial charge >= 0.3 is 5.63 Å². The lowest BCUT2D eigenvalue weighted by atomic mass is 10.1. The summed E-state index contributed by atoms with van der Waals surface area (Å²) in [5, 5.41) is 0.764. The number of carbonyl (C=O) groups is 1. The van der Waals surface area contributed by atoms with Gasteiger partial charge in [-0.05, 0) is 35.9 Å². The van der Waals surface area contributed by atoms with E-state index in [9.17, 15) is 9.59 Å². The lowest BCUT2D eigenvalue weighted by Crippen LogP contribution is -3.13. The predicted molar refractivity (Wildman–Crippen MR) is 108 cm³/mol. The van der Waals surface area contributed by atoms with E-state index < -0.39 is 5.63 Å². The van der Waals surface area contributed by atoms with Crippen molar-refractivity contribution in [2.75, 3.05) is 32.8 Å². The number of rotatable bonds is 3. The Kier molecular flexibility index (Phi) is 4.56. The summed E-state index contributed by atoms with van der Waals surface area (Å²) in [5.74, 6) is 0.770. The van der Waals surface area contributed by atoms with Crippen LogP contribution in [0.25, 0.3) is 11.0 Å². The van der Waals surface area contributed by atoms with Crippen molar-refractivity contribution >= 4 is 16.9 Å². The van der Waals surface area contributed by atoms with Gasteiger partial charge in [0.2, 0.25) is 0 Å². The van der Waals surface area contributed by atoms with Crippen molar-refractivity contribution in [1.82, 2.24) is 4.90 Å². The summed E-state index contributed by atoms with van der Waals surface area (Å²) in [4.78, 5) is 28.4. The van der Waals surface area contributed by atoms with E-state index in [4.69, 9.17) is 9.15 Å². The molecular formula is C23H23N2O4+. The fourth-order valence-corrected chi connectivity index (χ4v) is 4.22. The SMILES string of the molecule is O=C(c1cc2ccccc2oc1=O)N1CC[NH+](Cc2ccc3c(c2)CCO3)CC1. The Labute approximate surface area is 168 Å². The second-order valence-electron chi connectivity index (χ2n) is 7.74. The van der Waals surface area contributed by atoms with E-state index in [1.165, 1.54) is 16.0 Å². The third kappa shape index (κ3) is 3.51. The molecule has 29 heavy (non-hydrogen) atoms. The Balaban J connectivity index is 1.25. The number of carbonyl (C=O) groups excluding carboxylic acids is 1. The van der Waals surface area contributed by atoms with Crippen molar-refractivity contribution in [3.05, 3.63) is 75.6 Å². The number of hydrogen-bond acceptors (Lipinski definition) is 4. The van der Waals surface area contributed by atoms with Gasteiger partial charge in [0.1, 0.15) is 23.4 Å². The van der Waals surface area contributed by atoms with Gasteiger partial charge < -0.3 is 19.0 Å². The first kappa shape index (κ1) is 17.9. The number of nitrogens with one attached hydrogen (secondary N) is 1. The number of benzene rings is 2. The normalized spacial score (nSPS) is 16.6. The Morgan fingerprint density at radius 3 is 2.76 bits per heavy atom. The summed E-state index contributed by atoms with van der Waals surface area (Å²) >= 11 is 0. The molecule has 3 aromatic rings. The topological polar surface area (TPSA) is 64.2 Å². The summed E-state index contributed by atoms with van der Waals surface area (Å²) in [7, 11) is 0. The van der Waals surface area contributed by atoms with Crippen LogP contribution >= 0.6 is 0 Å². The highest BCUT2D eigenvalue weighted by atomic mass is 16.5. The van der Waals surface area contributed by atoms with Crippen LogP contribution in [-0.2, 0) is 13.0 Å². The number of nitrogens with zero attached hydrogens (tertiary/aromatic N) is 1. The third-order valence-electron chi connectivity index (χ3n) is 5.84. The van der Waals surface area contributed by atoms with E-state index in [2.05, 4.69) is 18.2 Å². The predicted octanol–water partition coefficient (Wildman–Crippen LogP) is 1.27. The molecule has 2 aliphatic heterocycles. The van der Waals surface area contributed by atoms with Crippen LogP contribution in [0.4, 0.5) is 0 Å². The van der Waals surface area contributed by atoms with Gasteiger partial charge in [-0.15, -0.1) is 0 Å². The van der Waals surface area contributed by atoms with E-state index >= 15 is 0 Å². The molecule has 0 spiro atoms. The standard InChI is InChI=1S/C23H22N2O4/c26-22(19-14-17-3-1-2-4-21(17)29-23(19)27)25-10-8-24(9-11-25)15-16-5-6-20-18(13-16)7-12-28-20/h1-6,13-14H,7-12,15H2/p+1. The van der Waals surface area contributed by atoms with Crippen LogP contribution in [-0.4, -0.2) is 43.6 Å². The highest BCUT2D eigenvalue weighted by molar-refractivity contribution is 5.96. The first-order valence-electron chi connectivity index (χ1n) is 10.1. The van der Waals surface area contributed by atoms with Gasteiger partial charge in [0, 0.05) is 17.4 Å². The molecule has 0 saturated carbocycles. The fourth-order valence-electron chi connectivity index (χ4n) is 4.22. The number of amides is 1. The van der Waals surface area contributed by atoms with Gasteiger partial charge in [0.05, 0.1) is 32.8 Å². The van der Waals surface area contributed by atoms with Crippen LogP contribution in [0.5, 0.6) is 5.75 Å². The van der Waals surface area contributed by atoms with Crippen LogP contribution in [0.3, 0.4) is 0 Å². The Morgan fingerprint density at radius 2 is 1.90 bits per heavy atom. The second-order valence-corrected chi connectivity index (χ2v) is 7.74. The molecule has 6 heteroatoms. The lowest BCUT2D eigenvalue weighted by Gasteiger charge is -2.32. The van der Waals surface area contributed by atoms with Crippen LogP contribution in [0.2, 0.25) is 0 Å². The first-order valence-corrected chi connectivity index (χ1v) is 10.1. The van der Waals surface area contributed by atoms with Crippen molar-refractivity contribution in [2.45, 2.75) is 13.0 Å². The highest BCUT2D eigenvalue weighted by Gasteiger charge is 2.27. The molecule has 1 aromatic heterocycles. The molecule has 1 saturated heterocycles. The van der Waals surface area contributed by atoms with Crippen LogP contribution in [0, 0.1) is 0 Å². The van der Waals surface area contributed by atoms with Gasteiger partial charge in [-0.3, -0.25) is 4.79 Å². The van der Waals surface area contributed by atoms with Gasteiger partial charge in [-0.25, -0.2) is 4.79 Å². The zero-order chi connectivity index (χ0) is 19.8. The zero-order valence-corrected chi connectivity index (χ0v) is 16.1. The fraction of sp³-hybridized carbons (Fsp3) is 0.304. The summed E-state index contributed by atoms with van der Waals surface area (Å²) in [5.41, 5.74) is 2.65. The molecule has 6 nitrogen and oxygen atoms in total. The zero-order valence-electron chi connectivity index (χ0n) is 16.1. The van der Waals surface area contributed by atoms with Crippen molar-refractivity contribution in [1.29, 1.82) is 0 Å². The maximum absolute atomic E-state index is 12.9. The minimum absolute atomic E-state index is 0.116. The van der Waals surface area contributed by atoms with Crippen molar-refractivity contribution in [2.24, 2.45) is 0 Å². The summed E-state index contributed by atoms with van der Waals surface area (Å²) in [6.07, 6.45) is 0.981. The van der Waals surface area contributed by atoms with Gasteiger partial charge in [0.25, 0.3) is 5.91 Å². The molecule has 2 aliphatic rings. The third-order valence-corrected chi connectivity index (χ3v) is 5.84. The molecule has 3 heterocycles. The Morgan fingerprint density at radius 1 is 1.07 bits per heavy atom. The minimum atomic E-state index is -0.566. The molecule has 0 bridgehead atoms. The second kappa shape index (κ2) is 7.37. The molecule has 0 aliphatic carbocycles. The molecule has 1 amide bonds. The van der Waals surface area contributed by atoms with E-state index in [0.717, 1.165) is 43.8 Å². The number of fused-ring (bicyclic) bond motifs is 2. The minimum Gasteiger partial charge on any atom is -0.493 e. The molecular weight excluding hydrogens is 368 g/mol. The molecule has 0 radical (unpaired) electrons. The van der Waals surface area contributed by atoms with E-state index in [1.807, 2.05) is 18.2 Å². The quantitative estimate of drug-likeness (QED) is 0.683. The number of para-hydroxylation sites is 1. The van der Waals surface area contributed by atoms with E-state index in [0.29, 0.717) is 18.7 Å². The van der Waals surface area contributed by atoms with Crippen LogP contribution < -0.4 is 15.3 Å². The molecule has 0 atom stereocenters. The van der Waals surface area contributed by atoms with Gasteiger partial charge in [-0.2, -0.15) is 0 Å². The number of piperazine rings is 1. The van der Waals surface area contributed by atoms with Crippen LogP contribution in [0.15, 0.2) is 57.7 Å². The largest absolute Gasteiger partial charge is 0.493 e.